The van der Waals surface area contributed by atoms with Crippen molar-refractivity contribution in [2.24, 2.45) is 11.3 Å². The van der Waals surface area contributed by atoms with Gasteiger partial charge in [-0.1, -0.05) is 20.8 Å². The molecule has 0 aromatic heterocycles. The van der Waals surface area contributed by atoms with Crippen LogP contribution in [0.4, 0.5) is 0 Å². The molecule has 0 amide bonds. The third-order valence-electron chi connectivity index (χ3n) is 0.944. The predicted octanol–water partition coefficient (Wildman–Crippen LogP) is 0.631. The predicted molar refractivity (Wildman–Crippen MR) is 35.4 cm³/mol. The molecule has 1 unspecified atom stereocenters. The van der Waals surface area contributed by atoms with Crippen LogP contribution in [0.5, 0.6) is 0 Å². The molecule has 3 heteroatoms. The molecule has 0 aliphatic carbocycles. The van der Waals surface area contributed by atoms with Crippen LogP contribution in [-0.4, -0.2) is 11.4 Å². The fourth-order valence-electron chi connectivity index (χ4n) is 0.572. The van der Waals surface area contributed by atoms with E-state index >= 15 is 0 Å². The lowest BCUT2D eigenvalue weighted by atomic mass is 9.92. The van der Waals surface area contributed by atoms with Crippen LogP contribution in [-0.2, 0) is 4.84 Å². The van der Waals surface area contributed by atoms with E-state index in [2.05, 4.69) is 4.84 Å². The Morgan fingerprint density at radius 2 is 2.00 bits per heavy atom. The zero-order valence-electron chi connectivity index (χ0n) is 6.22. The van der Waals surface area contributed by atoms with E-state index in [-0.39, 0.29) is 5.41 Å². The molecule has 0 bridgehead atoms. The monoisotopic (exact) mass is 133 g/mol. The molecule has 0 aromatic rings. The number of aliphatic hydroxyl groups is 1. The summed E-state index contributed by atoms with van der Waals surface area (Å²) in [4.78, 5) is 4.18. The summed E-state index contributed by atoms with van der Waals surface area (Å²) in [6.07, 6.45) is -0.270. The zero-order chi connectivity index (χ0) is 7.49. The highest BCUT2D eigenvalue weighted by molar-refractivity contribution is 4.61. The van der Waals surface area contributed by atoms with Crippen molar-refractivity contribution in [2.75, 3.05) is 0 Å². The summed E-state index contributed by atoms with van der Waals surface area (Å²) in [5.41, 5.74) is 0.0682. The van der Waals surface area contributed by atoms with Crippen LogP contribution in [0.3, 0.4) is 0 Å². The van der Waals surface area contributed by atoms with Gasteiger partial charge in [0.05, 0.1) is 0 Å². The van der Waals surface area contributed by atoms with Crippen molar-refractivity contribution in [3.05, 3.63) is 0 Å². The molecule has 0 aliphatic heterocycles. The van der Waals surface area contributed by atoms with Gasteiger partial charge in [-0.15, -0.1) is 0 Å². The molecule has 3 nitrogen and oxygen atoms in total. The van der Waals surface area contributed by atoms with Crippen LogP contribution in [0.2, 0.25) is 0 Å². The van der Waals surface area contributed by atoms with Gasteiger partial charge in [-0.25, -0.2) is 5.90 Å². The van der Waals surface area contributed by atoms with Crippen LogP contribution >= 0.6 is 0 Å². The van der Waals surface area contributed by atoms with Gasteiger partial charge in [-0.05, 0) is 5.41 Å². The average Bonchev–Trinajstić information content (AvgIpc) is 1.62. The van der Waals surface area contributed by atoms with Gasteiger partial charge in [0.15, 0.2) is 6.29 Å². The summed E-state index contributed by atoms with van der Waals surface area (Å²) in [7, 11) is 0. The first-order valence-electron chi connectivity index (χ1n) is 2.99. The SMILES string of the molecule is CC(C)(C)CC(O)ON. The Morgan fingerprint density at radius 3 is 2.11 bits per heavy atom. The lowest BCUT2D eigenvalue weighted by molar-refractivity contribution is -0.120. The highest BCUT2D eigenvalue weighted by Gasteiger charge is 2.15. The Morgan fingerprint density at radius 1 is 1.56 bits per heavy atom. The normalized spacial score (nSPS) is 15.7. The maximum atomic E-state index is 8.85. The average molecular weight is 133 g/mol. The van der Waals surface area contributed by atoms with Gasteiger partial charge in [0.1, 0.15) is 0 Å². The Bertz CT molecular complexity index is 77.6. The number of nitrogens with two attached hydrogens (primary N) is 1. The fraction of sp³-hybridized carbons (Fsp3) is 1.00. The Balaban J connectivity index is 3.47. The molecule has 0 fully saturated rings. The molecule has 0 saturated heterocycles. The summed E-state index contributed by atoms with van der Waals surface area (Å²) < 4.78 is 0. The highest BCUT2D eigenvalue weighted by Crippen LogP contribution is 2.20. The molecule has 56 valence electrons. The van der Waals surface area contributed by atoms with E-state index in [1.54, 1.807) is 0 Å². The topological polar surface area (TPSA) is 55.5 Å². The van der Waals surface area contributed by atoms with Crippen molar-refractivity contribution >= 4 is 0 Å². The van der Waals surface area contributed by atoms with Gasteiger partial charge < -0.3 is 5.11 Å². The molecule has 0 heterocycles. The van der Waals surface area contributed by atoms with Gasteiger partial charge in [0.25, 0.3) is 0 Å². The largest absolute Gasteiger partial charge is 0.366 e. The van der Waals surface area contributed by atoms with Crippen molar-refractivity contribution in [3.8, 4) is 0 Å². The van der Waals surface area contributed by atoms with Crippen molar-refractivity contribution in [2.45, 2.75) is 33.5 Å². The van der Waals surface area contributed by atoms with Crippen molar-refractivity contribution in [3.63, 3.8) is 0 Å². The molecule has 0 rings (SSSR count). The molecule has 0 aromatic carbocycles. The van der Waals surface area contributed by atoms with Crippen LogP contribution < -0.4 is 5.90 Å². The van der Waals surface area contributed by atoms with E-state index in [4.69, 9.17) is 11.0 Å². The Kier molecular flexibility index (Phi) is 3.11. The summed E-state index contributed by atoms with van der Waals surface area (Å²) in [6.45, 7) is 6.03. The molecular weight excluding hydrogens is 118 g/mol. The van der Waals surface area contributed by atoms with Gasteiger partial charge >= 0.3 is 0 Å². The summed E-state index contributed by atoms with van der Waals surface area (Å²) >= 11 is 0. The minimum atomic E-state index is -0.829. The van der Waals surface area contributed by atoms with Gasteiger partial charge in [0, 0.05) is 6.42 Å². The van der Waals surface area contributed by atoms with Gasteiger partial charge in [-0.2, -0.15) is 0 Å². The van der Waals surface area contributed by atoms with Crippen LogP contribution in [0.1, 0.15) is 27.2 Å². The first kappa shape index (κ1) is 8.88. The highest BCUT2D eigenvalue weighted by atomic mass is 16.7. The van der Waals surface area contributed by atoms with Crippen LogP contribution in [0.25, 0.3) is 0 Å². The minimum Gasteiger partial charge on any atom is -0.366 e. The van der Waals surface area contributed by atoms with E-state index < -0.39 is 6.29 Å². The first-order chi connectivity index (χ1) is 3.95. The van der Waals surface area contributed by atoms with Crippen LogP contribution in [0, 0.1) is 5.41 Å². The summed E-state index contributed by atoms with van der Waals surface area (Å²) in [6, 6.07) is 0. The number of hydrogen-bond donors (Lipinski definition) is 2. The van der Waals surface area contributed by atoms with Gasteiger partial charge in [-0.3, -0.25) is 4.84 Å². The summed E-state index contributed by atoms with van der Waals surface area (Å²) in [5, 5.41) is 8.85. The lowest BCUT2D eigenvalue weighted by Crippen LogP contribution is -2.22. The van der Waals surface area contributed by atoms with E-state index in [0.29, 0.717) is 6.42 Å². The zero-order valence-corrected chi connectivity index (χ0v) is 6.22. The number of rotatable bonds is 2. The molecule has 1 atom stereocenters. The third-order valence-corrected chi connectivity index (χ3v) is 0.944. The van der Waals surface area contributed by atoms with Crippen molar-refractivity contribution in [1.29, 1.82) is 0 Å². The van der Waals surface area contributed by atoms with E-state index in [1.165, 1.54) is 0 Å². The molecule has 0 saturated carbocycles. The van der Waals surface area contributed by atoms with Gasteiger partial charge in [0.2, 0.25) is 0 Å². The first-order valence-corrected chi connectivity index (χ1v) is 2.99. The second-order valence-electron chi connectivity index (χ2n) is 3.36. The molecule has 0 radical (unpaired) electrons. The minimum absolute atomic E-state index is 0.0682. The van der Waals surface area contributed by atoms with Crippen molar-refractivity contribution < 1.29 is 9.94 Å². The fourth-order valence-corrected chi connectivity index (χ4v) is 0.572. The quantitative estimate of drug-likeness (QED) is 0.429. The van der Waals surface area contributed by atoms with Crippen molar-refractivity contribution in [1.82, 2.24) is 0 Å². The number of hydrogen-bond acceptors (Lipinski definition) is 3. The maximum absolute atomic E-state index is 8.85. The third kappa shape index (κ3) is 5.76. The molecule has 3 N–H and O–H groups in total. The Hall–Kier alpha value is -0.120. The molecule has 9 heavy (non-hydrogen) atoms. The number of aliphatic hydroxyl groups excluding tert-OH is 1. The second-order valence-corrected chi connectivity index (χ2v) is 3.36. The van der Waals surface area contributed by atoms with E-state index in [9.17, 15) is 0 Å². The smallest absolute Gasteiger partial charge is 0.174 e. The van der Waals surface area contributed by atoms with Crippen LogP contribution in [0.15, 0.2) is 0 Å². The second kappa shape index (κ2) is 3.15. The maximum Gasteiger partial charge on any atom is 0.174 e. The summed E-state index contributed by atoms with van der Waals surface area (Å²) in [5.74, 6) is 4.73. The molecule has 0 spiro atoms. The molecule has 0 aliphatic rings. The molecular formula is C6H15NO2. The van der Waals surface area contributed by atoms with E-state index in [1.807, 2.05) is 20.8 Å². The Labute approximate surface area is 55.8 Å². The van der Waals surface area contributed by atoms with E-state index in [0.717, 1.165) is 0 Å². The standard InChI is InChI=1S/C6H15NO2/c1-6(2,3)4-5(8)9-7/h5,8H,4,7H2,1-3H3. The lowest BCUT2D eigenvalue weighted by Gasteiger charge is -2.20.